The molecule has 0 aliphatic rings. The van der Waals surface area contributed by atoms with E-state index in [1.54, 1.807) is 28.1 Å². The lowest BCUT2D eigenvalue weighted by Crippen LogP contribution is -2.66. The summed E-state index contributed by atoms with van der Waals surface area (Å²) in [6.45, 7) is 6.20. The minimum absolute atomic E-state index is 0.00213. The Kier molecular flexibility index (Phi) is 31.4. The fourth-order valence-electron chi connectivity index (χ4n) is 7.91. The number of carbonyl (C=O) groups is 2. The van der Waals surface area contributed by atoms with Gasteiger partial charge in [-0.05, 0) is 19.3 Å². The van der Waals surface area contributed by atoms with Gasteiger partial charge in [-0.3, -0.25) is 18.7 Å². The van der Waals surface area contributed by atoms with Crippen molar-refractivity contribution in [3.63, 3.8) is 0 Å². The third kappa shape index (κ3) is 26.8. The van der Waals surface area contributed by atoms with E-state index in [0.717, 1.165) is 38.5 Å². The Balaban J connectivity index is 4.68. The standard InChI is InChI=1S/C43H86NO6P/c1-7-10-12-14-16-18-20-22-24-26-28-30-32-34-36-38-40(45)42(44(4,5)6)43(9-3,50-51(47,48)49)41(46)39-37-35-33-31-29-27-25-23-21-19-17-15-13-11-8-2/h42H,7-39H2,1-6H3,(H-,47,48,49). The first kappa shape index (κ1) is 50.4. The van der Waals surface area contributed by atoms with Gasteiger partial charge < -0.3 is 14.3 Å². The van der Waals surface area contributed by atoms with Crippen LogP contribution < -0.4 is 4.89 Å². The Morgan fingerprint density at radius 2 is 0.824 bits per heavy atom. The van der Waals surface area contributed by atoms with Crippen molar-refractivity contribution in [2.75, 3.05) is 21.1 Å². The quantitative estimate of drug-likeness (QED) is 0.0382. The van der Waals surface area contributed by atoms with Crippen molar-refractivity contribution in [2.45, 2.75) is 244 Å². The van der Waals surface area contributed by atoms with Gasteiger partial charge in [0.2, 0.25) is 0 Å². The molecule has 0 aromatic rings. The first-order valence-corrected chi connectivity index (χ1v) is 23.5. The molecule has 0 saturated carbocycles. The maximum atomic E-state index is 13.9. The number of likely N-dealkylation sites (N-methyl/N-ethyl adjacent to an activating group) is 1. The zero-order valence-corrected chi connectivity index (χ0v) is 35.7. The molecular weight excluding hydrogens is 657 g/mol. The number of Topliss-reactive ketones (excluding diaryl/α,β-unsaturated/α-hetero) is 2. The molecule has 0 heterocycles. The molecule has 0 amide bonds. The van der Waals surface area contributed by atoms with E-state index < -0.39 is 25.2 Å². The number of phosphoric acid groups is 1. The lowest BCUT2D eigenvalue weighted by atomic mass is 9.79. The molecule has 7 nitrogen and oxygen atoms in total. The Morgan fingerprint density at radius 1 is 0.549 bits per heavy atom. The van der Waals surface area contributed by atoms with Crippen LogP contribution in [0.25, 0.3) is 0 Å². The third-order valence-corrected chi connectivity index (χ3v) is 11.4. The van der Waals surface area contributed by atoms with Gasteiger partial charge in [0.25, 0.3) is 7.82 Å². The van der Waals surface area contributed by atoms with E-state index >= 15 is 0 Å². The zero-order valence-electron chi connectivity index (χ0n) is 34.8. The average molecular weight is 744 g/mol. The highest BCUT2D eigenvalue weighted by atomic mass is 31.2. The Labute approximate surface area is 317 Å². The minimum Gasteiger partial charge on any atom is -0.756 e. The zero-order chi connectivity index (χ0) is 38.3. The topological polar surface area (TPSA) is 104 Å². The minimum atomic E-state index is -5.29. The Morgan fingerprint density at radius 3 is 1.08 bits per heavy atom. The second kappa shape index (κ2) is 31.7. The highest BCUT2D eigenvalue weighted by molar-refractivity contribution is 7.44. The van der Waals surface area contributed by atoms with Crippen LogP contribution in [0.1, 0.15) is 233 Å². The van der Waals surface area contributed by atoms with Crippen LogP contribution in [0, 0.1) is 0 Å². The van der Waals surface area contributed by atoms with Gasteiger partial charge in [0.05, 0.1) is 21.1 Å². The molecule has 0 saturated heterocycles. The number of rotatable bonds is 39. The third-order valence-electron chi connectivity index (χ3n) is 10.8. The second-order valence-electron chi connectivity index (χ2n) is 16.6. The summed E-state index contributed by atoms with van der Waals surface area (Å²) in [6.07, 6.45) is 37.2. The highest BCUT2D eigenvalue weighted by Gasteiger charge is 2.56. The van der Waals surface area contributed by atoms with E-state index in [-0.39, 0.29) is 29.5 Å². The fourth-order valence-corrected chi connectivity index (χ4v) is 8.65. The lowest BCUT2D eigenvalue weighted by molar-refractivity contribution is -0.892. The molecule has 304 valence electrons. The smallest absolute Gasteiger partial charge is 0.266 e. The van der Waals surface area contributed by atoms with Gasteiger partial charge in [0.15, 0.2) is 23.2 Å². The predicted molar refractivity (Wildman–Crippen MR) is 215 cm³/mol. The molecule has 3 unspecified atom stereocenters. The van der Waals surface area contributed by atoms with Gasteiger partial charge >= 0.3 is 0 Å². The molecule has 0 aromatic carbocycles. The number of quaternary nitrogens is 1. The van der Waals surface area contributed by atoms with E-state index in [0.29, 0.717) is 12.8 Å². The van der Waals surface area contributed by atoms with E-state index in [1.165, 1.54) is 141 Å². The highest BCUT2D eigenvalue weighted by Crippen LogP contribution is 2.44. The summed E-state index contributed by atoms with van der Waals surface area (Å²) < 4.78 is 17.5. The largest absolute Gasteiger partial charge is 0.756 e. The predicted octanol–water partition coefficient (Wildman–Crippen LogP) is 12.3. The lowest BCUT2D eigenvalue weighted by Gasteiger charge is -2.46. The summed E-state index contributed by atoms with van der Waals surface area (Å²) in [7, 11) is 0.116. The molecule has 3 atom stereocenters. The summed E-state index contributed by atoms with van der Waals surface area (Å²) in [5, 5.41) is 0. The summed E-state index contributed by atoms with van der Waals surface area (Å²) in [6, 6.07) is -1.02. The summed E-state index contributed by atoms with van der Waals surface area (Å²) in [4.78, 5) is 49.7. The number of hydrogen-bond donors (Lipinski definition) is 1. The second-order valence-corrected chi connectivity index (χ2v) is 17.7. The molecular formula is C43H86NO6P. The van der Waals surface area contributed by atoms with E-state index in [1.807, 2.05) is 0 Å². The number of nitrogens with zero attached hydrogens (tertiary/aromatic N) is 1. The first-order chi connectivity index (χ1) is 24.4. The van der Waals surface area contributed by atoms with Crippen LogP contribution in [0.5, 0.6) is 0 Å². The van der Waals surface area contributed by atoms with Crippen molar-refractivity contribution in [1.29, 1.82) is 0 Å². The van der Waals surface area contributed by atoms with Crippen LogP contribution in [0.3, 0.4) is 0 Å². The van der Waals surface area contributed by atoms with Gasteiger partial charge in [0, 0.05) is 12.8 Å². The summed E-state index contributed by atoms with van der Waals surface area (Å²) in [5.74, 6) is -0.565. The van der Waals surface area contributed by atoms with E-state index in [4.69, 9.17) is 4.52 Å². The van der Waals surface area contributed by atoms with Crippen LogP contribution >= 0.6 is 7.82 Å². The maximum Gasteiger partial charge on any atom is 0.266 e. The summed E-state index contributed by atoms with van der Waals surface area (Å²) in [5.41, 5.74) is -1.91. The molecule has 0 spiro atoms. The number of ketones is 2. The maximum absolute atomic E-state index is 13.9. The molecule has 0 radical (unpaired) electrons. The van der Waals surface area contributed by atoms with Crippen molar-refractivity contribution in [1.82, 2.24) is 0 Å². The van der Waals surface area contributed by atoms with Crippen LogP contribution in [-0.4, -0.2) is 53.7 Å². The average Bonchev–Trinajstić information content (AvgIpc) is 3.06. The number of unbranched alkanes of at least 4 members (excludes halogenated alkanes) is 28. The van der Waals surface area contributed by atoms with Crippen molar-refractivity contribution in [3.05, 3.63) is 0 Å². The molecule has 0 aromatic heterocycles. The van der Waals surface area contributed by atoms with E-state index in [9.17, 15) is 23.9 Å². The van der Waals surface area contributed by atoms with Gasteiger partial charge in [0.1, 0.15) is 0 Å². The Hall–Kier alpha value is -0.590. The summed E-state index contributed by atoms with van der Waals surface area (Å²) >= 11 is 0. The van der Waals surface area contributed by atoms with Crippen LogP contribution in [-0.2, 0) is 18.7 Å². The van der Waals surface area contributed by atoms with Gasteiger partial charge in [-0.25, -0.2) is 0 Å². The SMILES string of the molecule is CCCCCCCCCCCCCCCCCC(=O)C(C(CC)(OP(=O)([O-])O)C(=O)CCCCCCCCCCCCCCCCC)[N+](C)(C)C. The first-order valence-electron chi connectivity index (χ1n) is 22.0. The molecule has 0 fully saturated rings. The normalized spacial score (nSPS) is 15.1. The van der Waals surface area contributed by atoms with Crippen molar-refractivity contribution >= 4 is 19.4 Å². The molecule has 0 bridgehead atoms. The molecule has 0 aliphatic heterocycles. The molecule has 0 rings (SSSR count). The van der Waals surface area contributed by atoms with Crippen LogP contribution in [0.15, 0.2) is 0 Å². The van der Waals surface area contributed by atoms with Gasteiger partial charge in [-0.15, -0.1) is 0 Å². The van der Waals surface area contributed by atoms with Crippen LogP contribution in [0.2, 0.25) is 0 Å². The molecule has 1 N–H and O–H groups in total. The van der Waals surface area contributed by atoms with Crippen LogP contribution in [0.4, 0.5) is 0 Å². The number of phosphoric ester groups is 1. The monoisotopic (exact) mass is 744 g/mol. The fraction of sp³-hybridized carbons (Fsp3) is 0.953. The van der Waals surface area contributed by atoms with Crippen molar-refractivity contribution in [3.8, 4) is 0 Å². The van der Waals surface area contributed by atoms with E-state index in [2.05, 4.69) is 13.8 Å². The van der Waals surface area contributed by atoms with Crippen molar-refractivity contribution < 1.29 is 32.9 Å². The van der Waals surface area contributed by atoms with Gasteiger partial charge in [-0.2, -0.15) is 0 Å². The number of hydrogen-bond acceptors (Lipinski definition) is 5. The molecule has 0 aliphatic carbocycles. The molecule has 8 heteroatoms. The van der Waals surface area contributed by atoms with Gasteiger partial charge in [-0.1, -0.05) is 201 Å². The van der Waals surface area contributed by atoms with Crippen molar-refractivity contribution in [2.24, 2.45) is 0 Å². The molecule has 51 heavy (non-hydrogen) atoms. The number of carbonyl (C=O) groups excluding carboxylic acids is 2. The Bertz CT molecular complexity index is 884.